The highest BCUT2D eigenvalue weighted by Gasteiger charge is 2.30. The van der Waals surface area contributed by atoms with Crippen LogP contribution in [0.15, 0.2) is 135 Å². The molecule has 0 amide bonds. The van der Waals surface area contributed by atoms with Gasteiger partial charge in [-0.3, -0.25) is 19.0 Å². The van der Waals surface area contributed by atoms with Crippen LogP contribution < -0.4 is 42.6 Å². The normalized spacial score (nSPS) is 13.9. The highest BCUT2D eigenvalue weighted by molar-refractivity contribution is 7.92. The van der Waals surface area contributed by atoms with Gasteiger partial charge < -0.3 is 37.9 Å². The number of aldehydes is 1. The molecule has 2 unspecified atom stereocenters. The summed E-state index contributed by atoms with van der Waals surface area (Å²) in [4.78, 5) is 11.6. The molecule has 77 heavy (non-hydrogen) atoms. The van der Waals surface area contributed by atoms with E-state index in [2.05, 4.69) is 33.9 Å². The van der Waals surface area contributed by atoms with Gasteiger partial charge in [0.1, 0.15) is 40.6 Å². The minimum absolute atomic E-state index is 0.0321. The molecule has 2 aliphatic rings. The largest absolute Gasteiger partial charge is 0.496 e. The molecule has 0 saturated heterocycles. The van der Waals surface area contributed by atoms with Gasteiger partial charge in [0.25, 0.3) is 0 Å². The Morgan fingerprint density at radius 2 is 1.03 bits per heavy atom. The predicted molar refractivity (Wildman–Crippen MR) is 307 cm³/mol. The van der Waals surface area contributed by atoms with Crippen molar-refractivity contribution in [2.45, 2.75) is 31.4 Å². The van der Waals surface area contributed by atoms with Crippen molar-refractivity contribution in [3.05, 3.63) is 151 Å². The van der Waals surface area contributed by atoms with Crippen molar-refractivity contribution in [1.29, 1.82) is 0 Å². The first-order valence-corrected chi connectivity index (χ1v) is 31.8. The third-order valence-corrected chi connectivity index (χ3v) is 14.0. The number of allylic oxidation sites excluding steroid dienone is 1. The highest BCUT2D eigenvalue weighted by atomic mass is 32.2. The third kappa shape index (κ3) is 16.6. The van der Waals surface area contributed by atoms with Gasteiger partial charge in [-0.1, -0.05) is 55.1 Å². The first kappa shape index (κ1) is 60.5. The Morgan fingerprint density at radius 3 is 1.47 bits per heavy atom. The Kier molecular flexibility index (Phi) is 21.7. The molecule has 412 valence electrons. The zero-order chi connectivity index (χ0) is 56.5. The molecule has 0 saturated carbocycles. The monoisotopic (exact) mass is 1130 g/mol. The molecule has 0 aliphatic carbocycles. The van der Waals surface area contributed by atoms with E-state index >= 15 is 0 Å². The van der Waals surface area contributed by atoms with Crippen molar-refractivity contribution in [2.75, 3.05) is 75.3 Å². The molecule has 2 aliphatic heterocycles. The van der Waals surface area contributed by atoms with Gasteiger partial charge in [0.2, 0.25) is 36.4 Å². The molecule has 0 radical (unpaired) electrons. The summed E-state index contributed by atoms with van der Waals surface area (Å²) in [5.41, 5.74) is 7.87. The van der Waals surface area contributed by atoms with Gasteiger partial charge in [0, 0.05) is 63.9 Å². The average molecular weight is 1130 g/mol. The number of hydrogen-bond donors (Lipinski definition) is 3. The lowest BCUT2D eigenvalue weighted by Gasteiger charge is -2.29. The molecule has 8 rings (SSSR count). The number of sulfonamides is 3. The molecular weight excluding hydrogens is 1070 g/mol. The fraction of sp³-hybridized carbons (Fsp3) is 0.255. The van der Waals surface area contributed by atoms with Gasteiger partial charge >= 0.3 is 0 Å². The summed E-state index contributed by atoms with van der Waals surface area (Å²) in [5, 5.41) is 0. The number of rotatable bonds is 19. The van der Waals surface area contributed by atoms with Gasteiger partial charge in [-0.05, 0) is 95.5 Å². The predicted octanol–water partition coefficient (Wildman–Crippen LogP) is 9.85. The fourth-order valence-corrected chi connectivity index (χ4v) is 10.2. The van der Waals surface area contributed by atoms with Crippen LogP contribution in [0.3, 0.4) is 0 Å². The van der Waals surface area contributed by atoms with Crippen molar-refractivity contribution < 1.29 is 67.9 Å². The number of methoxy groups -OCH3 is 5. The molecule has 18 nitrogen and oxygen atoms in total. The van der Waals surface area contributed by atoms with Gasteiger partial charge in [-0.2, -0.15) is 0 Å². The van der Waals surface area contributed by atoms with E-state index < -0.39 is 36.4 Å². The fourth-order valence-electron chi connectivity index (χ4n) is 8.14. The van der Waals surface area contributed by atoms with E-state index in [1.54, 1.807) is 74.9 Å². The molecule has 6 aromatic carbocycles. The van der Waals surface area contributed by atoms with Crippen molar-refractivity contribution >= 4 is 62.9 Å². The molecule has 2 heterocycles. The van der Waals surface area contributed by atoms with E-state index in [-0.39, 0.29) is 12.9 Å². The maximum Gasteiger partial charge on any atom is 0.229 e. The van der Waals surface area contributed by atoms with E-state index in [4.69, 9.17) is 37.9 Å². The van der Waals surface area contributed by atoms with E-state index in [1.165, 1.54) is 33.4 Å². The smallest absolute Gasteiger partial charge is 0.229 e. The summed E-state index contributed by atoms with van der Waals surface area (Å²) < 4.78 is 120. The summed E-state index contributed by atoms with van der Waals surface area (Å²) in [6.45, 7) is 9.68. The molecule has 0 aromatic heterocycles. The van der Waals surface area contributed by atoms with E-state index in [9.17, 15) is 30.0 Å². The number of anilines is 3. The Bertz CT molecular complexity index is 3390. The minimum Gasteiger partial charge on any atom is -0.496 e. The standard InChI is InChI=1S/C18H19NO4S.C17H19NO6S.C16H17NO5S.C4H10Si/c1-4-6-15-14-11-12(19-24(3,20)21)9-10-13(14)18-16(22-2)7-5-8-17(18)23-15;1-22-11-24-16-6-4-5-15(23-2)17(16)14-8-7-13(9-12(14)10-19)18-25(3,20)21;1-20-13-5-4-6-14-15(13)11-8-7-10(17-23(3,18)19)9-12(11)16(21-2)22-14;1-3-4-5-2/h4-5,7-11,15,19H,1,6H2,2-3H3;4-10,18H,11H2,1-3H3;4-9,16-17H,1-3H3;3H,1,4-5H2,2H3. The van der Waals surface area contributed by atoms with Crippen LogP contribution in [0.2, 0.25) is 12.6 Å². The lowest BCUT2D eigenvalue weighted by molar-refractivity contribution is -0.0578. The number of ether oxygens (including phenoxy) is 8. The van der Waals surface area contributed by atoms with Crippen LogP contribution >= 0.6 is 0 Å². The second-order valence-electron chi connectivity index (χ2n) is 17.1. The Morgan fingerprint density at radius 1 is 0.571 bits per heavy atom. The minimum atomic E-state index is -3.44. The summed E-state index contributed by atoms with van der Waals surface area (Å²) >= 11 is 0. The lowest BCUT2D eigenvalue weighted by atomic mass is 9.90. The molecule has 22 heteroatoms. The number of hydrogen-bond acceptors (Lipinski definition) is 15. The molecule has 2 atom stereocenters. The van der Waals surface area contributed by atoms with Gasteiger partial charge in [0.15, 0.2) is 13.1 Å². The molecule has 0 fully saturated rings. The SMILES string of the molecule is C=CCC1Oc2cccc(OC)c2-c2ccc(NS(C)(=O)=O)cc21.C=CC[SiH2]C.COCOc1cccc(OC)c1-c1ccc(NS(C)(=O)=O)cc1C=O.COc1cccc2c1-c1ccc(NS(C)(=O)=O)cc1C(OC)O2. The van der Waals surface area contributed by atoms with Crippen LogP contribution in [0.1, 0.15) is 40.3 Å². The Balaban J connectivity index is 0.000000204. The molecule has 0 bridgehead atoms. The van der Waals surface area contributed by atoms with Crippen LogP contribution in [-0.2, 0) is 39.5 Å². The van der Waals surface area contributed by atoms with Crippen LogP contribution in [0, 0.1) is 0 Å². The molecule has 0 spiro atoms. The van der Waals surface area contributed by atoms with Gasteiger partial charge in [-0.15, -0.1) is 13.2 Å². The number of carbonyl (C=O) groups is 1. The first-order valence-electron chi connectivity index (χ1n) is 23.7. The van der Waals surface area contributed by atoms with Gasteiger partial charge in [-0.25, -0.2) is 25.3 Å². The van der Waals surface area contributed by atoms with Crippen LogP contribution in [0.5, 0.6) is 34.5 Å². The van der Waals surface area contributed by atoms with Crippen LogP contribution in [0.25, 0.3) is 33.4 Å². The third-order valence-electron chi connectivity index (χ3n) is 11.1. The van der Waals surface area contributed by atoms with E-state index in [1.807, 2.05) is 54.6 Å². The molecule has 3 N–H and O–H groups in total. The summed E-state index contributed by atoms with van der Waals surface area (Å²) in [5.74, 6) is 3.80. The molecular formula is C55H65N3O15S3Si. The topological polar surface area (TPSA) is 229 Å². The van der Waals surface area contributed by atoms with Crippen LogP contribution in [0.4, 0.5) is 17.1 Å². The van der Waals surface area contributed by atoms with Crippen molar-refractivity contribution in [1.82, 2.24) is 0 Å². The maximum absolute atomic E-state index is 11.6. The van der Waals surface area contributed by atoms with Crippen molar-refractivity contribution in [3.63, 3.8) is 0 Å². The second kappa shape index (κ2) is 27.6. The van der Waals surface area contributed by atoms with Crippen LogP contribution in [-0.4, -0.2) is 102 Å². The van der Waals surface area contributed by atoms with Crippen molar-refractivity contribution in [3.8, 4) is 67.9 Å². The maximum atomic E-state index is 11.6. The number of fused-ring (bicyclic) bond motifs is 6. The zero-order valence-electron chi connectivity index (χ0n) is 44.4. The van der Waals surface area contributed by atoms with Gasteiger partial charge in [0.05, 0.1) is 56.8 Å². The van der Waals surface area contributed by atoms with Crippen molar-refractivity contribution in [2.24, 2.45) is 0 Å². The molecule has 6 aromatic rings. The average Bonchev–Trinajstić information content (AvgIpc) is 3.39. The highest BCUT2D eigenvalue weighted by Crippen LogP contribution is 2.50. The Hall–Kier alpha value is -7.34. The summed E-state index contributed by atoms with van der Waals surface area (Å²) in [7, 11) is -2.09. The number of nitrogens with one attached hydrogen (secondary N) is 3. The Labute approximate surface area is 454 Å². The summed E-state index contributed by atoms with van der Waals surface area (Å²) in [6.07, 6.45) is 7.48. The van der Waals surface area contributed by atoms with E-state index in [0.717, 1.165) is 63.6 Å². The summed E-state index contributed by atoms with van der Waals surface area (Å²) in [6, 6.07) is 33.1. The first-order chi connectivity index (χ1) is 36.7. The number of benzene rings is 6. The second-order valence-corrected chi connectivity index (χ2v) is 23.9. The van der Waals surface area contributed by atoms with E-state index in [0.29, 0.717) is 79.0 Å². The zero-order valence-corrected chi connectivity index (χ0v) is 48.2. The quantitative estimate of drug-likeness (QED) is 0.0297. The number of carbonyl (C=O) groups excluding carboxylic acids is 1. The lowest BCUT2D eigenvalue weighted by Crippen LogP contribution is -2.17.